The highest BCUT2D eigenvalue weighted by atomic mass is 35.5. The summed E-state index contributed by atoms with van der Waals surface area (Å²) in [5.41, 5.74) is 4.69. The Morgan fingerprint density at radius 2 is 2.00 bits per heavy atom. The standard InChI is InChI=1S/C8H13F3N2O.ClH/c9-8(10,11)6(12)7(14)13-4-3-5-1-2-5;/h5-6H,1-4,12H2,(H,13,14);1H. The zero-order chi connectivity index (χ0) is 10.8. The fourth-order valence-corrected chi connectivity index (χ4v) is 1.06. The topological polar surface area (TPSA) is 55.1 Å². The van der Waals surface area contributed by atoms with E-state index in [4.69, 9.17) is 0 Å². The molecule has 0 spiro atoms. The lowest BCUT2D eigenvalue weighted by Crippen LogP contribution is -2.50. The predicted molar refractivity (Wildman–Crippen MR) is 51.6 cm³/mol. The Morgan fingerprint density at radius 1 is 1.47 bits per heavy atom. The number of hydrogen-bond donors (Lipinski definition) is 2. The summed E-state index contributed by atoms with van der Waals surface area (Å²) >= 11 is 0. The third kappa shape index (κ3) is 5.22. The minimum Gasteiger partial charge on any atom is -0.354 e. The molecule has 15 heavy (non-hydrogen) atoms. The molecule has 1 amide bonds. The Hall–Kier alpha value is -0.490. The zero-order valence-electron chi connectivity index (χ0n) is 8.01. The SMILES string of the molecule is Cl.NC(C(=O)NCCC1CC1)C(F)(F)F. The summed E-state index contributed by atoms with van der Waals surface area (Å²) in [4.78, 5) is 10.8. The molecule has 1 aliphatic carbocycles. The van der Waals surface area contributed by atoms with E-state index >= 15 is 0 Å². The fourth-order valence-electron chi connectivity index (χ4n) is 1.06. The maximum absolute atomic E-state index is 11.9. The molecule has 0 heterocycles. The van der Waals surface area contributed by atoms with Crippen LogP contribution in [-0.2, 0) is 4.79 Å². The van der Waals surface area contributed by atoms with Crippen molar-refractivity contribution in [3.63, 3.8) is 0 Å². The Kier molecular flexibility index (Phi) is 5.37. The van der Waals surface area contributed by atoms with Crippen molar-refractivity contribution in [2.75, 3.05) is 6.54 Å². The minimum atomic E-state index is -4.65. The molecular formula is C8H14ClF3N2O. The maximum atomic E-state index is 11.9. The van der Waals surface area contributed by atoms with E-state index in [1.807, 2.05) is 0 Å². The van der Waals surface area contributed by atoms with Gasteiger partial charge in [-0.1, -0.05) is 12.8 Å². The first-order valence-corrected chi connectivity index (χ1v) is 4.51. The lowest BCUT2D eigenvalue weighted by Gasteiger charge is -2.14. The third-order valence-electron chi connectivity index (χ3n) is 2.18. The van der Waals surface area contributed by atoms with E-state index in [2.05, 4.69) is 11.1 Å². The summed E-state index contributed by atoms with van der Waals surface area (Å²) < 4.78 is 35.7. The largest absolute Gasteiger partial charge is 0.412 e. The fraction of sp³-hybridized carbons (Fsp3) is 0.875. The van der Waals surface area contributed by atoms with Crippen molar-refractivity contribution in [2.24, 2.45) is 11.7 Å². The molecule has 1 fully saturated rings. The van der Waals surface area contributed by atoms with E-state index in [0.29, 0.717) is 5.92 Å². The van der Waals surface area contributed by atoms with E-state index < -0.39 is 18.1 Å². The number of amides is 1. The average molecular weight is 247 g/mol. The van der Waals surface area contributed by atoms with Gasteiger partial charge in [-0.25, -0.2) is 0 Å². The molecule has 7 heteroatoms. The molecule has 1 rings (SSSR count). The summed E-state index contributed by atoms with van der Waals surface area (Å²) in [6.07, 6.45) is -1.68. The molecular weight excluding hydrogens is 233 g/mol. The summed E-state index contributed by atoms with van der Waals surface area (Å²) in [5.74, 6) is -0.560. The van der Waals surface area contributed by atoms with Crippen LogP contribution in [-0.4, -0.2) is 24.7 Å². The lowest BCUT2D eigenvalue weighted by atomic mass is 10.2. The third-order valence-corrected chi connectivity index (χ3v) is 2.18. The monoisotopic (exact) mass is 246 g/mol. The zero-order valence-corrected chi connectivity index (χ0v) is 8.83. The number of rotatable bonds is 4. The minimum absolute atomic E-state index is 0. The van der Waals surface area contributed by atoms with Crippen LogP contribution in [0.3, 0.4) is 0 Å². The van der Waals surface area contributed by atoms with Crippen LogP contribution in [0, 0.1) is 5.92 Å². The average Bonchev–Trinajstić information content (AvgIpc) is 2.85. The van der Waals surface area contributed by atoms with Crippen LogP contribution < -0.4 is 11.1 Å². The molecule has 1 aliphatic rings. The first kappa shape index (κ1) is 14.5. The van der Waals surface area contributed by atoms with E-state index in [9.17, 15) is 18.0 Å². The van der Waals surface area contributed by atoms with Crippen molar-refractivity contribution in [3.8, 4) is 0 Å². The van der Waals surface area contributed by atoms with Crippen molar-refractivity contribution in [2.45, 2.75) is 31.5 Å². The molecule has 0 aliphatic heterocycles. The van der Waals surface area contributed by atoms with Crippen molar-refractivity contribution >= 4 is 18.3 Å². The second kappa shape index (κ2) is 5.55. The molecule has 3 nitrogen and oxygen atoms in total. The Labute approximate surface area is 92.0 Å². The van der Waals surface area contributed by atoms with E-state index in [1.165, 1.54) is 0 Å². The summed E-state index contributed by atoms with van der Waals surface area (Å²) in [7, 11) is 0. The van der Waals surface area contributed by atoms with E-state index in [-0.39, 0.29) is 19.0 Å². The number of carbonyl (C=O) groups excluding carboxylic acids is 1. The normalized spacial score (nSPS) is 17.9. The molecule has 0 aromatic heterocycles. The number of halogens is 4. The molecule has 3 N–H and O–H groups in total. The molecule has 0 aromatic rings. The predicted octanol–water partition coefficient (Wildman–Crippen LogP) is 1.21. The Bertz CT molecular complexity index is 218. The van der Waals surface area contributed by atoms with Gasteiger partial charge in [-0.2, -0.15) is 13.2 Å². The van der Waals surface area contributed by atoms with Crippen LogP contribution in [0.4, 0.5) is 13.2 Å². The Balaban J connectivity index is 0.00000196. The van der Waals surface area contributed by atoms with Crippen LogP contribution >= 0.6 is 12.4 Å². The molecule has 1 unspecified atom stereocenters. The lowest BCUT2D eigenvalue weighted by molar-refractivity contribution is -0.162. The quantitative estimate of drug-likeness (QED) is 0.784. The van der Waals surface area contributed by atoms with E-state index in [0.717, 1.165) is 19.3 Å². The molecule has 1 saturated carbocycles. The van der Waals surface area contributed by atoms with Crippen molar-refractivity contribution in [1.82, 2.24) is 5.32 Å². The van der Waals surface area contributed by atoms with Gasteiger partial charge in [0.15, 0.2) is 6.04 Å². The summed E-state index contributed by atoms with van der Waals surface area (Å²) in [5, 5.41) is 2.18. The first-order valence-electron chi connectivity index (χ1n) is 4.51. The van der Waals surface area contributed by atoms with Crippen LogP contribution in [0.1, 0.15) is 19.3 Å². The maximum Gasteiger partial charge on any atom is 0.412 e. The number of carbonyl (C=O) groups is 1. The van der Waals surface area contributed by atoms with Gasteiger partial charge < -0.3 is 11.1 Å². The van der Waals surface area contributed by atoms with Gasteiger partial charge in [-0.05, 0) is 12.3 Å². The number of nitrogens with one attached hydrogen (secondary N) is 1. The highest BCUT2D eigenvalue weighted by Gasteiger charge is 2.41. The number of nitrogens with two attached hydrogens (primary N) is 1. The molecule has 0 bridgehead atoms. The second-order valence-electron chi connectivity index (χ2n) is 3.54. The molecule has 0 saturated heterocycles. The first-order chi connectivity index (χ1) is 6.41. The Morgan fingerprint density at radius 3 is 2.40 bits per heavy atom. The van der Waals surface area contributed by atoms with Gasteiger partial charge in [-0.15, -0.1) is 12.4 Å². The summed E-state index contributed by atoms with van der Waals surface area (Å²) in [6.45, 7) is 0.285. The van der Waals surface area contributed by atoms with Crippen LogP contribution in [0.15, 0.2) is 0 Å². The van der Waals surface area contributed by atoms with Gasteiger partial charge in [0.25, 0.3) is 0 Å². The van der Waals surface area contributed by atoms with E-state index in [1.54, 1.807) is 0 Å². The molecule has 1 atom stereocenters. The molecule has 0 aromatic carbocycles. The van der Waals surface area contributed by atoms with Crippen molar-refractivity contribution in [3.05, 3.63) is 0 Å². The van der Waals surface area contributed by atoms with Gasteiger partial charge >= 0.3 is 6.18 Å². The highest BCUT2D eigenvalue weighted by Crippen LogP contribution is 2.31. The molecule has 0 radical (unpaired) electrons. The highest BCUT2D eigenvalue weighted by molar-refractivity contribution is 5.85. The number of hydrogen-bond acceptors (Lipinski definition) is 2. The van der Waals surface area contributed by atoms with Gasteiger partial charge in [0.05, 0.1) is 0 Å². The summed E-state index contributed by atoms with van der Waals surface area (Å²) in [6, 6.07) is -2.40. The van der Waals surface area contributed by atoms with Gasteiger partial charge in [0.2, 0.25) is 5.91 Å². The van der Waals surface area contributed by atoms with Crippen LogP contribution in [0.5, 0.6) is 0 Å². The van der Waals surface area contributed by atoms with Crippen molar-refractivity contribution in [1.29, 1.82) is 0 Å². The number of alkyl halides is 3. The van der Waals surface area contributed by atoms with Gasteiger partial charge in [0.1, 0.15) is 0 Å². The van der Waals surface area contributed by atoms with Crippen LogP contribution in [0.2, 0.25) is 0 Å². The smallest absolute Gasteiger partial charge is 0.354 e. The van der Waals surface area contributed by atoms with Gasteiger partial charge in [0, 0.05) is 6.54 Å². The van der Waals surface area contributed by atoms with Crippen molar-refractivity contribution < 1.29 is 18.0 Å². The van der Waals surface area contributed by atoms with Gasteiger partial charge in [-0.3, -0.25) is 4.79 Å². The second-order valence-corrected chi connectivity index (χ2v) is 3.54. The molecule has 90 valence electrons. The van der Waals surface area contributed by atoms with Crippen LogP contribution in [0.25, 0.3) is 0 Å².